The molecule has 0 amide bonds. The van der Waals surface area contributed by atoms with Gasteiger partial charge < -0.3 is 0 Å². The second-order valence-electron chi connectivity index (χ2n) is 4.89. The van der Waals surface area contributed by atoms with Gasteiger partial charge in [0.1, 0.15) is 0 Å². The summed E-state index contributed by atoms with van der Waals surface area (Å²) in [5.41, 5.74) is 6.36. The zero-order chi connectivity index (χ0) is 9.41. The molecule has 0 aromatic carbocycles. The van der Waals surface area contributed by atoms with E-state index in [1.807, 2.05) is 0 Å². The highest BCUT2D eigenvalue weighted by atomic mass is 32.2. The Morgan fingerprint density at radius 1 is 1.50 bits per heavy atom. The monoisotopic (exact) mass is 186 g/mol. The van der Waals surface area contributed by atoms with E-state index in [2.05, 4.69) is 27.0 Å². The molecule has 0 aromatic heterocycles. The molecular formula is C11H22S. The molecule has 0 saturated carbocycles. The molecule has 1 fully saturated rings. The molecular weight excluding hydrogens is 164 g/mol. The van der Waals surface area contributed by atoms with Gasteiger partial charge in [0.2, 0.25) is 0 Å². The molecule has 0 nitrogen and oxygen atoms in total. The van der Waals surface area contributed by atoms with Crippen molar-refractivity contribution in [1.82, 2.24) is 0 Å². The first-order valence-electron chi connectivity index (χ1n) is 4.92. The second-order valence-corrected chi connectivity index (χ2v) is 8.72. The van der Waals surface area contributed by atoms with Crippen molar-refractivity contribution in [2.24, 2.45) is 5.92 Å². The van der Waals surface area contributed by atoms with Crippen LogP contribution in [-0.2, 0) is 0 Å². The number of rotatable bonds is 1. The van der Waals surface area contributed by atoms with E-state index in [0.29, 0.717) is 4.75 Å². The van der Waals surface area contributed by atoms with Crippen LogP contribution in [0, 0.1) is 11.6 Å². The maximum Gasteiger partial charge on any atom is 0.00359 e. The third-order valence-corrected chi connectivity index (χ3v) is 7.35. The van der Waals surface area contributed by atoms with Crippen LogP contribution in [0.25, 0.3) is 0 Å². The number of hydrogen-bond donors (Lipinski definition) is 0. The van der Waals surface area contributed by atoms with Crippen LogP contribution in [-0.4, -0.2) is 16.8 Å². The minimum Gasteiger partial charge on any atom is -0.189 e. The Balaban J connectivity index is 2.77. The molecule has 0 N–H and O–H groups in total. The van der Waals surface area contributed by atoms with Gasteiger partial charge in [-0.1, -0.05) is 27.2 Å². The Morgan fingerprint density at radius 3 is 2.50 bits per heavy atom. The van der Waals surface area contributed by atoms with Crippen molar-refractivity contribution in [3.05, 3.63) is 0 Å². The van der Waals surface area contributed by atoms with Gasteiger partial charge in [-0.2, -0.15) is 9.44 Å². The quantitative estimate of drug-likeness (QED) is 0.587. The largest absolute Gasteiger partial charge is 0.189 e. The molecule has 0 radical (unpaired) electrons. The topological polar surface area (TPSA) is 0 Å². The summed E-state index contributed by atoms with van der Waals surface area (Å²) in [5, 5.41) is 0. The van der Waals surface area contributed by atoms with Gasteiger partial charge >= 0.3 is 0 Å². The summed E-state index contributed by atoms with van der Waals surface area (Å²) in [7, 11) is -0.804. The van der Waals surface area contributed by atoms with Crippen LogP contribution >= 0.6 is 9.44 Å². The van der Waals surface area contributed by atoms with Crippen molar-refractivity contribution >= 4 is 9.44 Å². The zero-order valence-electron chi connectivity index (χ0n) is 8.89. The molecule has 0 spiro atoms. The Bertz CT molecular complexity index is 251. The summed E-state index contributed by atoms with van der Waals surface area (Å²) >= 11 is 0. The maximum absolute atomic E-state index is 6.36. The highest BCUT2D eigenvalue weighted by Crippen LogP contribution is 2.52. The molecule has 0 aromatic rings. The van der Waals surface area contributed by atoms with E-state index < -0.39 is 9.44 Å². The molecule has 1 heterocycles. The van der Waals surface area contributed by atoms with Gasteiger partial charge in [-0.3, -0.25) is 0 Å². The van der Waals surface area contributed by atoms with E-state index in [4.69, 9.17) is 5.69 Å². The summed E-state index contributed by atoms with van der Waals surface area (Å²) in [5.74, 6) is 2.21. The van der Waals surface area contributed by atoms with Gasteiger partial charge in [0.05, 0.1) is 0 Å². The van der Waals surface area contributed by atoms with Crippen LogP contribution in [0.2, 0.25) is 0 Å². The molecule has 12 heavy (non-hydrogen) atoms. The zero-order valence-corrected chi connectivity index (χ0v) is 9.71. The third kappa shape index (κ3) is 1.72. The maximum atomic E-state index is 6.36. The van der Waals surface area contributed by atoms with Crippen molar-refractivity contribution in [2.45, 2.75) is 44.8 Å². The van der Waals surface area contributed by atoms with Gasteiger partial charge in [-0.25, -0.2) is 0 Å². The Morgan fingerprint density at radius 2 is 2.08 bits per heavy atom. The molecule has 1 rings (SSSR count). The van der Waals surface area contributed by atoms with Crippen LogP contribution in [0.1, 0.15) is 40.0 Å². The predicted octanol–water partition coefficient (Wildman–Crippen LogP) is 3.61. The van der Waals surface area contributed by atoms with E-state index in [-0.39, 0.29) is 0 Å². The van der Waals surface area contributed by atoms with Crippen molar-refractivity contribution in [1.29, 1.82) is 0 Å². The minimum atomic E-state index is -0.804. The van der Waals surface area contributed by atoms with Crippen LogP contribution in [0.3, 0.4) is 0 Å². The van der Waals surface area contributed by atoms with Crippen molar-refractivity contribution in [3.8, 4) is 5.69 Å². The van der Waals surface area contributed by atoms with Crippen LogP contribution in [0.15, 0.2) is 0 Å². The fourth-order valence-electron chi connectivity index (χ4n) is 2.02. The standard InChI is InChI=1S/C11H22S/c1-6-10-7-8-12(4,5)11(2,3)9-10/h4,10H,6-9H2,1-3,5H3. The Kier molecular flexibility index (Phi) is 2.66. The van der Waals surface area contributed by atoms with E-state index in [9.17, 15) is 0 Å². The first-order chi connectivity index (χ1) is 5.39. The molecule has 1 heteroatoms. The van der Waals surface area contributed by atoms with E-state index >= 15 is 0 Å². The van der Waals surface area contributed by atoms with Gasteiger partial charge in [0, 0.05) is 4.75 Å². The fraction of sp³-hybridized carbons (Fsp3) is 0.909. The van der Waals surface area contributed by atoms with Gasteiger partial charge in [-0.05, 0) is 30.8 Å². The first kappa shape index (κ1) is 10.2. The van der Waals surface area contributed by atoms with Gasteiger partial charge in [0.15, 0.2) is 0 Å². The summed E-state index contributed by atoms with van der Waals surface area (Å²) in [6.45, 7) is 7.00. The van der Waals surface area contributed by atoms with Crippen LogP contribution in [0.4, 0.5) is 0 Å². The molecule has 2 atom stereocenters. The molecule has 0 bridgehead atoms. The average molecular weight is 186 g/mol. The van der Waals surface area contributed by atoms with E-state index in [0.717, 1.165) is 5.92 Å². The van der Waals surface area contributed by atoms with Crippen molar-refractivity contribution < 1.29 is 0 Å². The van der Waals surface area contributed by atoms with Crippen LogP contribution in [0.5, 0.6) is 0 Å². The molecule has 0 aliphatic carbocycles. The summed E-state index contributed by atoms with van der Waals surface area (Å²) in [4.78, 5) is 0. The predicted molar refractivity (Wildman–Crippen MR) is 60.4 cm³/mol. The summed E-state index contributed by atoms with van der Waals surface area (Å²) < 4.78 is 0.409. The molecule has 1 aliphatic heterocycles. The Labute approximate surface area is 78.3 Å². The molecule has 72 valence electrons. The second kappa shape index (κ2) is 3.12. The molecule has 1 aliphatic rings. The van der Waals surface area contributed by atoms with Crippen LogP contribution < -0.4 is 0 Å². The minimum absolute atomic E-state index is 0.409. The highest BCUT2D eigenvalue weighted by molar-refractivity contribution is 8.24. The lowest BCUT2D eigenvalue weighted by molar-refractivity contribution is 0.394. The lowest BCUT2D eigenvalue weighted by Crippen LogP contribution is -2.32. The smallest absolute Gasteiger partial charge is 0.00359 e. The Hall–Kier alpha value is 0.130. The van der Waals surface area contributed by atoms with E-state index in [1.54, 1.807) is 0 Å². The van der Waals surface area contributed by atoms with Crippen molar-refractivity contribution in [3.63, 3.8) is 0 Å². The first-order valence-corrected chi connectivity index (χ1v) is 7.20. The van der Waals surface area contributed by atoms with Gasteiger partial charge in [-0.15, -0.1) is 5.69 Å². The summed E-state index contributed by atoms with van der Waals surface area (Å²) in [6.07, 6.45) is 6.33. The molecule has 1 saturated heterocycles. The third-order valence-electron chi connectivity index (χ3n) is 3.57. The summed E-state index contributed by atoms with van der Waals surface area (Å²) in [6, 6.07) is 0. The highest BCUT2D eigenvalue weighted by Gasteiger charge is 2.34. The normalized spacial score (nSPS) is 41.1. The molecule has 2 unspecified atom stereocenters. The lowest BCUT2D eigenvalue weighted by Gasteiger charge is -2.44. The number of hydrogen-bond acceptors (Lipinski definition) is 0. The van der Waals surface area contributed by atoms with Crippen molar-refractivity contribution in [2.75, 3.05) is 12.0 Å². The average Bonchev–Trinajstić information content (AvgIpc) is 1.95. The SMILES string of the molecule is C#S1(C)CCC(CC)CC1(C)C. The fourth-order valence-corrected chi connectivity index (χ4v) is 4.02. The lowest BCUT2D eigenvalue weighted by atomic mass is 9.91. The van der Waals surface area contributed by atoms with Gasteiger partial charge in [0.25, 0.3) is 0 Å². The van der Waals surface area contributed by atoms with E-state index in [1.165, 1.54) is 25.0 Å².